The molecule has 3 aliphatic carbocycles. The van der Waals surface area contributed by atoms with Crippen LogP contribution in [0.3, 0.4) is 0 Å². The van der Waals surface area contributed by atoms with Crippen LogP contribution < -0.4 is 5.73 Å². The van der Waals surface area contributed by atoms with Crippen molar-refractivity contribution >= 4 is 0 Å². The van der Waals surface area contributed by atoms with Crippen LogP contribution in [-0.2, 0) is 0 Å². The second-order valence-corrected chi connectivity index (χ2v) is 5.77. The lowest BCUT2D eigenvalue weighted by atomic mass is 9.62. The smallest absolute Gasteiger partial charge is 0.00441 e. The molecule has 0 aliphatic heterocycles. The summed E-state index contributed by atoms with van der Waals surface area (Å²) in [6.45, 7) is 2.23. The molecule has 2 N–H and O–H groups in total. The molecule has 1 nitrogen and oxygen atoms in total. The van der Waals surface area contributed by atoms with Crippen LogP contribution in [-0.4, -0.2) is 6.04 Å². The van der Waals surface area contributed by atoms with E-state index in [0.29, 0.717) is 6.04 Å². The van der Waals surface area contributed by atoms with Gasteiger partial charge in [-0.05, 0) is 68.6 Å². The van der Waals surface area contributed by atoms with Gasteiger partial charge < -0.3 is 5.73 Å². The standard InChI is InChI=1S/C12H21N/c1-7(13)12-10-3-2-9-4-8(5-10)6-11(9)12/h7-12H,2-6,13H2,1H3. The molecule has 6 unspecified atom stereocenters. The number of hydrogen-bond acceptors (Lipinski definition) is 1. The second kappa shape index (κ2) is 2.73. The van der Waals surface area contributed by atoms with Gasteiger partial charge in [-0.3, -0.25) is 0 Å². The minimum atomic E-state index is 0.455. The van der Waals surface area contributed by atoms with Crippen LogP contribution in [0.5, 0.6) is 0 Å². The van der Waals surface area contributed by atoms with Gasteiger partial charge in [-0.15, -0.1) is 0 Å². The van der Waals surface area contributed by atoms with Crippen LogP contribution in [0.25, 0.3) is 0 Å². The molecule has 3 aliphatic rings. The fourth-order valence-corrected chi connectivity index (χ4v) is 4.76. The molecule has 6 atom stereocenters. The second-order valence-electron chi connectivity index (χ2n) is 5.77. The SMILES string of the molecule is CC(N)C1C2CCC3CC(C2)CC31. The fraction of sp³-hybridized carbons (Fsp3) is 1.00. The van der Waals surface area contributed by atoms with E-state index < -0.39 is 0 Å². The van der Waals surface area contributed by atoms with Crippen LogP contribution in [0.4, 0.5) is 0 Å². The molecule has 0 amide bonds. The third kappa shape index (κ3) is 1.09. The minimum Gasteiger partial charge on any atom is -0.328 e. The number of hydrogen-bond donors (Lipinski definition) is 1. The van der Waals surface area contributed by atoms with Crippen LogP contribution in [0.15, 0.2) is 0 Å². The maximum atomic E-state index is 6.14. The lowest BCUT2D eigenvalue weighted by Gasteiger charge is -2.44. The highest BCUT2D eigenvalue weighted by Crippen LogP contribution is 2.58. The predicted octanol–water partition coefficient (Wildman–Crippen LogP) is 2.41. The largest absolute Gasteiger partial charge is 0.328 e. The average molecular weight is 179 g/mol. The molecule has 3 fully saturated rings. The van der Waals surface area contributed by atoms with Crippen molar-refractivity contribution < 1.29 is 0 Å². The number of rotatable bonds is 1. The van der Waals surface area contributed by atoms with Gasteiger partial charge in [-0.2, -0.15) is 0 Å². The molecular formula is C12H21N. The summed E-state index contributed by atoms with van der Waals surface area (Å²) in [5.74, 6) is 5.08. The van der Waals surface area contributed by atoms with E-state index in [2.05, 4.69) is 6.92 Å². The summed E-state index contributed by atoms with van der Waals surface area (Å²) in [5.41, 5.74) is 6.14. The first-order valence-electron chi connectivity index (χ1n) is 6.01. The predicted molar refractivity (Wildman–Crippen MR) is 54.2 cm³/mol. The summed E-state index contributed by atoms with van der Waals surface area (Å²) >= 11 is 0. The molecule has 0 radical (unpaired) electrons. The lowest BCUT2D eigenvalue weighted by molar-refractivity contribution is 0.0663. The van der Waals surface area contributed by atoms with Gasteiger partial charge in [0.15, 0.2) is 0 Å². The summed E-state index contributed by atoms with van der Waals surface area (Å²) in [7, 11) is 0. The van der Waals surface area contributed by atoms with Gasteiger partial charge in [0, 0.05) is 6.04 Å². The van der Waals surface area contributed by atoms with Crippen LogP contribution in [0, 0.1) is 29.6 Å². The highest BCUT2D eigenvalue weighted by Gasteiger charge is 2.50. The molecule has 0 spiro atoms. The van der Waals surface area contributed by atoms with E-state index in [9.17, 15) is 0 Å². The van der Waals surface area contributed by atoms with Crippen molar-refractivity contribution in [1.29, 1.82) is 0 Å². The summed E-state index contributed by atoms with van der Waals surface area (Å²) in [6.07, 6.45) is 7.59. The maximum absolute atomic E-state index is 6.14. The Kier molecular flexibility index (Phi) is 1.74. The van der Waals surface area contributed by atoms with Crippen molar-refractivity contribution in [1.82, 2.24) is 0 Å². The van der Waals surface area contributed by atoms with Crippen LogP contribution >= 0.6 is 0 Å². The zero-order valence-corrected chi connectivity index (χ0v) is 8.58. The van der Waals surface area contributed by atoms with Crippen molar-refractivity contribution in [2.45, 2.75) is 45.1 Å². The topological polar surface area (TPSA) is 26.0 Å². The zero-order chi connectivity index (χ0) is 9.00. The summed E-state index contributed by atoms with van der Waals surface area (Å²) < 4.78 is 0. The van der Waals surface area contributed by atoms with Crippen LogP contribution in [0.2, 0.25) is 0 Å². The summed E-state index contributed by atoms with van der Waals surface area (Å²) in [6, 6.07) is 0.455. The van der Waals surface area contributed by atoms with E-state index in [-0.39, 0.29) is 0 Å². The van der Waals surface area contributed by atoms with Gasteiger partial charge in [-0.25, -0.2) is 0 Å². The summed E-state index contributed by atoms with van der Waals surface area (Å²) in [5, 5.41) is 0. The highest BCUT2D eigenvalue weighted by atomic mass is 14.7. The highest BCUT2D eigenvalue weighted by molar-refractivity contribution is 5.01. The fourth-order valence-electron chi connectivity index (χ4n) is 4.76. The third-order valence-corrected chi connectivity index (χ3v) is 5.04. The molecular weight excluding hydrogens is 158 g/mol. The molecule has 1 heteroatoms. The van der Waals surface area contributed by atoms with Crippen LogP contribution in [0.1, 0.15) is 39.0 Å². The quantitative estimate of drug-likeness (QED) is 0.657. The van der Waals surface area contributed by atoms with E-state index in [1.807, 2.05) is 0 Å². The number of fused-ring (bicyclic) bond motifs is 2. The molecule has 13 heavy (non-hydrogen) atoms. The monoisotopic (exact) mass is 179 g/mol. The minimum absolute atomic E-state index is 0.455. The third-order valence-electron chi connectivity index (χ3n) is 5.04. The van der Waals surface area contributed by atoms with E-state index in [1.54, 1.807) is 6.42 Å². The lowest BCUT2D eigenvalue weighted by Crippen LogP contribution is -2.43. The Labute approximate surface area is 81.1 Å². The Morgan fingerprint density at radius 3 is 2.54 bits per heavy atom. The first kappa shape index (κ1) is 8.28. The van der Waals surface area contributed by atoms with E-state index >= 15 is 0 Å². The molecule has 74 valence electrons. The normalized spacial score (nSPS) is 55.4. The van der Waals surface area contributed by atoms with Crippen molar-refractivity contribution in [3.63, 3.8) is 0 Å². The van der Waals surface area contributed by atoms with Crippen molar-refractivity contribution in [3.8, 4) is 0 Å². The molecule has 0 saturated heterocycles. The van der Waals surface area contributed by atoms with Crippen molar-refractivity contribution in [2.24, 2.45) is 35.3 Å². The molecule has 0 aromatic rings. The van der Waals surface area contributed by atoms with Gasteiger partial charge in [0.1, 0.15) is 0 Å². The van der Waals surface area contributed by atoms with Crippen molar-refractivity contribution in [3.05, 3.63) is 0 Å². The van der Waals surface area contributed by atoms with E-state index in [0.717, 1.165) is 29.6 Å². The molecule has 0 aromatic carbocycles. The van der Waals surface area contributed by atoms with Gasteiger partial charge in [0.2, 0.25) is 0 Å². The first-order valence-corrected chi connectivity index (χ1v) is 6.01. The Morgan fingerprint density at radius 2 is 1.77 bits per heavy atom. The Bertz CT molecular complexity index is 211. The van der Waals surface area contributed by atoms with E-state index in [1.165, 1.54) is 25.7 Å². The van der Waals surface area contributed by atoms with Gasteiger partial charge in [0.05, 0.1) is 0 Å². The Hall–Kier alpha value is -0.0400. The van der Waals surface area contributed by atoms with E-state index in [4.69, 9.17) is 5.73 Å². The molecule has 3 saturated carbocycles. The number of nitrogens with two attached hydrogens (primary N) is 1. The maximum Gasteiger partial charge on any atom is 0.00441 e. The molecule has 3 bridgehead atoms. The zero-order valence-electron chi connectivity index (χ0n) is 8.58. The molecule has 0 aromatic heterocycles. The molecule has 3 rings (SSSR count). The Morgan fingerprint density at radius 1 is 1.08 bits per heavy atom. The Balaban J connectivity index is 1.90. The van der Waals surface area contributed by atoms with Gasteiger partial charge in [0.25, 0.3) is 0 Å². The average Bonchev–Trinajstić information content (AvgIpc) is 2.27. The summed E-state index contributed by atoms with van der Waals surface area (Å²) in [4.78, 5) is 0. The van der Waals surface area contributed by atoms with Crippen molar-refractivity contribution in [2.75, 3.05) is 0 Å². The first-order chi connectivity index (χ1) is 6.25. The van der Waals surface area contributed by atoms with Gasteiger partial charge in [-0.1, -0.05) is 0 Å². The van der Waals surface area contributed by atoms with Gasteiger partial charge >= 0.3 is 0 Å². The molecule has 0 heterocycles.